The Morgan fingerprint density at radius 3 is 2.53 bits per heavy atom. The van der Waals surface area contributed by atoms with Crippen molar-refractivity contribution >= 4 is 17.4 Å². The molecule has 1 aliphatic rings. The van der Waals surface area contributed by atoms with E-state index in [1.807, 2.05) is 6.92 Å². The van der Waals surface area contributed by atoms with Crippen LogP contribution >= 0.6 is 11.6 Å². The average Bonchev–Trinajstić information content (AvgIpc) is 2.33. The lowest BCUT2D eigenvalue weighted by Gasteiger charge is -2.38. The summed E-state index contributed by atoms with van der Waals surface area (Å²) in [5.74, 6) is 2.98. The van der Waals surface area contributed by atoms with Gasteiger partial charge < -0.3 is 4.90 Å². The summed E-state index contributed by atoms with van der Waals surface area (Å²) in [7, 11) is 0. The van der Waals surface area contributed by atoms with Crippen LogP contribution in [-0.2, 0) is 0 Å². The Morgan fingerprint density at radius 2 is 1.95 bits per heavy atom. The summed E-state index contributed by atoms with van der Waals surface area (Å²) < 4.78 is 0. The zero-order chi connectivity index (χ0) is 14.2. The van der Waals surface area contributed by atoms with Gasteiger partial charge in [0.2, 0.25) is 0 Å². The van der Waals surface area contributed by atoms with Crippen molar-refractivity contribution in [3.8, 4) is 0 Å². The largest absolute Gasteiger partial charge is 0.354 e. The van der Waals surface area contributed by atoms with Crippen LogP contribution in [0.3, 0.4) is 0 Å². The SMILES string of the molecule is Cc1c(Cl)nc(C(C)C)nc1N1CCC(C)CC1C. The maximum absolute atomic E-state index is 6.28. The van der Waals surface area contributed by atoms with E-state index < -0.39 is 0 Å². The van der Waals surface area contributed by atoms with E-state index in [-0.39, 0.29) is 0 Å². The summed E-state index contributed by atoms with van der Waals surface area (Å²) in [4.78, 5) is 11.6. The first kappa shape index (κ1) is 14.6. The van der Waals surface area contributed by atoms with Gasteiger partial charge in [0.1, 0.15) is 16.8 Å². The summed E-state index contributed by atoms with van der Waals surface area (Å²) in [6.45, 7) is 11.9. The fraction of sp³-hybridized carbons (Fsp3) is 0.733. The summed E-state index contributed by atoms with van der Waals surface area (Å²) in [5.41, 5.74) is 1.01. The van der Waals surface area contributed by atoms with E-state index in [0.29, 0.717) is 17.1 Å². The van der Waals surface area contributed by atoms with Crippen LogP contribution in [0.4, 0.5) is 5.82 Å². The molecule has 0 aromatic carbocycles. The Hall–Kier alpha value is -0.830. The number of aromatic nitrogens is 2. The third-order valence-electron chi connectivity index (χ3n) is 4.00. The number of rotatable bonds is 2. The molecule has 106 valence electrons. The van der Waals surface area contributed by atoms with E-state index in [0.717, 1.165) is 29.7 Å². The Bertz CT molecular complexity index is 459. The number of nitrogens with zero attached hydrogens (tertiary/aromatic N) is 3. The highest BCUT2D eigenvalue weighted by Crippen LogP contribution is 2.31. The lowest BCUT2D eigenvalue weighted by molar-refractivity contribution is 0.375. The maximum atomic E-state index is 6.28. The standard InChI is InChI=1S/C15H24ClN3/c1-9(2)14-17-13(16)12(5)15(18-14)19-7-6-10(3)8-11(19)4/h9-11H,6-8H2,1-5H3. The van der Waals surface area contributed by atoms with Crippen LogP contribution in [0, 0.1) is 12.8 Å². The van der Waals surface area contributed by atoms with Gasteiger partial charge in [0.25, 0.3) is 0 Å². The van der Waals surface area contributed by atoms with E-state index in [9.17, 15) is 0 Å². The molecular formula is C15H24ClN3. The molecule has 4 heteroatoms. The van der Waals surface area contributed by atoms with Crippen molar-refractivity contribution in [2.24, 2.45) is 5.92 Å². The van der Waals surface area contributed by atoms with E-state index >= 15 is 0 Å². The molecule has 0 bridgehead atoms. The number of piperidine rings is 1. The molecule has 0 N–H and O–H groups in total. The van der Waals surface area contributed by atoms with Crippen molar-refractivity contribution in [2.45, 2.75) is 59.4 Å². The third kappa shape index (κ3) is 3.02. The molecule has 2 rings (SSSR count). The Morgan fingerprint density at radius 1 is 1.26 bits per heavy atom. The van der Waals surface area contributed by atoms with Crippen molar-refractivity contribution in [1.29, 1.82) is 0 Å². The molecule has 1 aromatic rings. The number of hydrogen-bond acceptors (Lipinski definition) is 3. The molecule has 1 fully saturated rings. The highest BCUT2D eigenvalue weighted by atomic mass is 35.5. The lowest BCUT2D eigenvalue weighted by atomic mass is 9.93. The second-order valence-electron chi connectivity index (χ2n) is 6.15. The molecule has 0 spiro atoms. The molecule has 0 radical (unpaired) electrons. The molecular weight excluding hydrogens is 258 g/mol. The Labute approximate surface area is 121 Å². The summed E-state index contributed by atoms with van der Waals surface area (Å²) in [5, 5.41) is 0.597. The zero-order valence-corrected chi connectivity index (χ0v) is 13.3. The van der Waals surface area contributed by atoms with Gasteiger partial charge >= 0.3 is 0 Å². The Kier molecular flexibility index (Phi) is 4.34. The molecule has 19 heavy (non-hydrogen) atoms. The maximum Gasteiger partial charge on any atom is 0.137 e. The van der Waals surface area contributed by atoms with Gasteiger partial charge in [-0.1, -0.05) is 32.4 Å². The second kappa shape index (κ2) is 5.66. The topological polar surface area (TPSA) is 29.0 Å². The molecule has 2 heterocycles. The van der Waals surface area contributed by atoms with Crippen molar-refractivity contribution in [2.75, 3.05) is 11.4 Å². The van der Waals surface area contributed by atoms with Crippen LogP contribution in [-0.4, -0.2) is 22.6 Å². The average molecular weight is 282 g/mol. The molecule has 3 nitrogen and oxygen atoms in total. The highest BCUT2D eigenvalue weighted by molar-refractivity contribution is 6.30. The molecule has 1 saturated heterocycles. The van der Waals surface area contributed by atoms with Gasteiger partial charge in [-0.3, -0.25) is 0 Å². The van der Waals surface area contributed by atoms with Gasteiger partial charge in [-0.25, -0.2) is 9.97 Å². The number of halogens is 1. The van der Waals surface area contributed by atoms with Gasteiger partial charge in [-0.15, -0.1) is 0 Å². The first-order chi connectivity index (χ1) is 8.90. The van der Waals surface area contributed by atoms with Crippen LogP contribution in [0.5, 0.6) is 0 Å². The van der Waals surface area contributed by atoms with Crippen molar-refractivity contribution in [1.82, 2.24) is 9.97 Å². The van der Waals surface area contributed by atoms with Gasteiger partial charge in [0.15, 0.2) is 0 Å². The van der Waals surface area contributed by atoms with E-state index in [2.05, 4.69) is 37.6 Å². The van der Waals surface area contributed by atoms with Crippen LogP contribution in [0.15, 0.2) is 0 Å². The Balaban J connectivity index is 2.38. The molecule has 0 aliphatic carbocycles. The molecule has 0 saturated carbocycles. The van der Waals surface area contributed by atoms with Crippen LogP contribution in [0.25, 0.3) is 0 Å². The minimum absolute atomic E-state index is 0.302. The molecule has 2 atom stereocenters. The van der Waals surface area contributed by atoms with Gasteiger partial charge in [-0.05, 0) is 32.6 Å². The first-order valence-corrected chi connectivity index (χ1v) is 7.58. The molecule has 0 amide bonds. The number of hydrogen-bond donors (Lipinski definition) is 0. The fourth-order valence-corrected chi connectivity index (χ4v) is 2.92. The molecule has 1 aromatic heterocycles. The van der Waals surface area contributed by atoms with Crippen LogP contribution in [0.1, 0.15) is 57.8 Å². The van der Waals surface area contributed by atoms with Gasteiger partial charge in [-0.2, -0.15) is 0 Å². The fourth-order valence-electron chi connectivity index (χ4n) is 2.75. The van der Waals surface area contributed by atoms with Crippen molar-refractivity contribution in [3.63, 3.8) is 0 Å². The van der Waals surface area contributed by atoms with Crippen LogP contribution in [0.2, 0.25) is 5.15 Å². The summed E-state index contributed by atoms with van der Waals surface area (Å²) in [6, 6.07) is 0.522. The van der Waals surface area contributed by atoms with Crippen molar-refractivity contribution in [3.05, 3.63) is 16.5 Å². The number of anilines is 1. The second-order valence-corrected chi connectivity index (χ2v) is 6.51. The monoisotopic (exact) mass is 281 g/mol. The summed E-state index contributed by atoms with van der Waals surface area (Å²) in [6.07, 6.45) is 2.44. The predicted molar refractivity (Wildman–Crippen MR) is 81.1 cm³/mol. The predicted octanol–water partition coefficient (Wildman–Crippen LogP) is 4.19. The zero-order valence-electron chi connectivity index (χ0n) is 12.6. The quantitative estimate of drug-likeness (QED) is 0.761. The van der Waals surface area contributed by atoms with Gasteiger partial charge in [0, 0.05) is 24.1 Å². The van der Waals surface area contributed by atoms with Gasteiger partial charge in [0.05, 0.1) is 0 Å². The summed E-state index contributed by atoms with van der Waals surface area (Å²) >= 11 is 6.28. The first-order valence-electron chi connectivity index (χ1n) is 7.20. The lowest BCUT2D eigenvalue weighted by Crippen LogP contribution is -2.41. The van der Waals surface area contributed by atoms with E-state index in [1.165, 1.54) is 12.8 Å². The normalized spacial score (nSPS) is 24.1. The minimum atomic E-state index is 0.302. The van der Waals surface area contributed by atoms with Crippen LogP contribution < -0.4 is 4.90 Å². The van der Waals surface area contributed by atoms with E-state index in [4.69, 9.17) is 16.6 Å². The molecule has 1 aliphatic heterocycles. The minimum Gasteiger partial charge on any atom is -0.354 e. The molecule has 2 unspecified atom stereocenters. The smallest absolute Gasteiger partial charge is 0.137 e. The third-order valence-corrected chi connectivity index (χ3v) is 4.37. The van der Waals surface area contributed by atoms with E-state index in [1.54, 1.807) is 0 Å². The van der Waals surface area contributed by atoms with Crippen molar-refractivity contribution < 1.29 is 0 Å². The highest BCUT2D eigenvalue weighted by Gasteiger charge is 2.26.